The number of benzene rings is 1. The molecule has 1 aromatic carbocycles. The fourth-order valence-electron chi connectivity index (χ4n) is 1.64. The molecule has 0 saturated carbocycles. The van der Waals surface area contributed by atoms with Gasteiger partial charge in [0.25, 0.3) is 0 Å². The van der Waals surface area contributed by atoms with Crippen molar-refractivity contribution < 1.29 is 19.4 Å². The maximum Gasteiger partial charge on any atom is 0.340 e. The van der Waals surface area contributed by atoms with Crippen LogP contribution in [0.1, 0.15) is 20.7 Å². The van der Waals surface area contributed by atoms with Gasteiger partial charge in [-0.2, -0.15) is 0 Å². The summed E-state index contributed by atoms with van der Waals surface area (Å²) >= 11 is 0. The van der Waals surface area contributed by atoms with Gasteiger partial charge in [-0.1, -0.05) is 12.1 Å². The van der Waals surface area contributed by atoms with Crippen LogP contribution in [0.15, 0.2) is 30.5 Å². The fourth-order valence-corrected chi connectivity index (χ4v) is 1.64. The molecule has 0 unspecified atom stereocenters. The molecule has 86 valence electrons. The lowest BCUT2D eigenvalue weighted by Crippen LogP contribution is -2.05. The lowest BCUT2D eigenvalue weighted by molar-refractivity contribution is 0.0601. The van der Waals surface area contributed by atoms with Crippen molar-refractivity contribution in [1.29, 1.82) is 0 Å². The van der Waals surface area contributed by atoms with Gasteiger partial charge in [0, 0.05) is 11.6 Å². The Labute approximate surface area is 96.7 Å². The summed E-state index contributed by atoms with van der Waals surface area (Å²) in [6.07, 6.45) is 1.36. The second kappa shape index (κ2) is 4.21. The molecule has 2 rings (SSSR count). The van der Waals surface area contributed by atoms with Crippen molar-refractivity contribution in [2.75, 3.05) is 7.11 Å². The average molecular weight is 231 g/mol. The van der Waals surface area contributed by atoms with Crippen LogP contribution in [-0.2, 0) is 4.74 Å². The topological polar surface area (TPSA) is 76.5 Å². The van der Waals surface area contributed by atoms with E-state index < -0.39 is 11.9 Å². The van der Waals surface area contributed by atoms with E-state index in [9.17, 15) is 9.59 Å². The lowest BCUT2D eigenvalue weighted by Gasteiger charge is -2.05. The van der Waals surface area contributed by atoms with Crippen LogP contribution in [0.4, 0.5) is 0 Å². The quantitative estimate of drug-likeness (QED) is 0.796. The van der Waals surface area contributed by atoms with E-state index in [0.717, 1.165) is 0 Å². The Morgan fingerprint density at radius 3 is 2.65 bits per heavy atom. The molecule has 0 saturated heterocycles. The maximum atomic E-state index is 11.5. The molecule has 5 heteroatoms. The Kier molecular flexibility index (Phi) is 2.74. The minimum absolute atomic E-state index is 0.112. The molecule has 1 N–H and O–H groups in total. The van der Waals surface area contributed by atoms with E-state index in [0.29, 0.717) is 10.9 Å². The Hall–Kier alpha value is -2.43. The molecule has 2 aromatic rings. The SMILES string of the molecule is COC(=O)c1cccc2c(C(=O)O)ccnc12. The van der Waals surface area contributed by atoms with Gasteiger partial charge in [-0.05, 0) is 12.1 Å². The van der Waals surface area contributed by atoms with Gasteiger partial charge in [0.05, 0.1) is 23.8 Å². The summed E-state index contributed by atoms with van der Waals surface area (Å²) in [5, 5.41) is 9.44. The number of carboxylic acid groups (broad SMARTS) is 1. The number of fused-ring (bicyclic) bond motifs is 1. The number of nitrogens with zero attached hydrogens (tertiary/aromatic N) is 1. The number of hydrogen-bond donors (Lipinski definition) is 1. The summed E-state index contributed by atoms with van der Waals surface area (Å²) in [7, 11) is 1.27. The Morgan fingerprint density at radius 1 is 1.24 bits per heavy atom. The van der Waals surface area contributed by atoms with E-state index >= 15 is 0 Å². The zero-order chi connectivity index (χ0) is 12.4. The summed E-state index contributed by atoms with van der Waals surface area (Å²) in [6, 6.07) is 6.15. The van der Waals surface area contributed by atoms with Crippen LogP contribution in [-0.4, -0.2) is 29.1 Å². The van der Waals surface area contributed by atoms with Gasteiger partial charge in [0.1, 0.15) is 0 Å². The number of aromatic nitrogens is 1. The molecule has 0 fully saturated rings. The van der Waals surface area contributed by atoms with Gasteiger partial charge in [-0.3, -0.25) is 4.98 Å². The highest BCUT2D eigenvalue weighted by Crippen LogP contribution is 2.20. The molecule has 17 heavy (non-hydrogen) atoms. The van der Waals surface area contributed by atoms with Gasteiger partial charge in [0.2, 0.25) is 0 Å². The monoisotopic (exact) mass is 231 g/mol. The molecule has 0 aliphatic carbocycles. The second-order valence-corrected chi connectivity index (χ2v) is 3.36. The molecule has 1 heterocycles. The van der Waals surface area contributed by atoms with Crippen LogP contribution in [0.25, 0.3) is 10.9 Å². The number of ether oxygens (including phenoxy) is 1. The number of aromatic carboxylic acids is 1. The molecule has 0 atom stereocenters. The summed E-state index contributed by atoms with van der Waals surface area (Å²) in [5.74, 6) is -1.59. The van der Waals surface area contributed by atoms with Crippen LogP contribution in [0.2, 0.25) is 0 Å². The normalized spacial score (nSPS) is 10.2. The first kappa shape index (κ1) is 11.1. The number of para-hydroxylation sites is 1. The molecule has 5 nitrogen and oxygen atoms in total. The zero-order valence-electron chi connectivity index (χ0n) is 9.01. The largest absolute Gasteiger partial charge is 0.478 e. The minimum atomic E-state index is -1.06. The summed E-state index contributed by atoms with van der Waals surface area (Å²) in [6.45, 7) is 0. The molecule has 0 radical (unpaired) electrons. The second-order valence-electron chi connectivity index (χ2n) is 3.36. The number of rotatable bonds is 2. The van der Waals surface area contributed by atoms with Crippen molar-refractivity contribution >= 4 is 22.8 Å². The van der Waals surface area contributed by atoms with Gasteiger partial charge < -0.3 is 9.84 Å². The molecule has 0 amide bonds. The number of carbonyl (C=O) groups excluding carboxylic acids is 1. The number of carbonyl (C=O) groups is 2. The van der Waals surface area contributed by atoms with Gasteiger partial charge in [-0.25, -0.2) is 9.59 Å². The van der Waals surface area contributed by atoms with E-state index in [1.807, 2.05) is 0 Å². The van der Waals surface area contributed by atoms with E-state index in [-0.39, 0.29) is 11.1 Å². The first-order valence-corrected chi connectivity index (χ1v) is 4.84. The van der Waals surface area contributed by atoms with Crippen molar-refractivity contribution in [3.63, 3.8) is 0 Å². The highest BCUT2D eigenvalue weighted by atomic mass is 16.5. The van der Waals surface area contributed by atoms with Crippen LogP contribution in [0.3, 0.4) is 0 Å². The molecular formula is C12H9NO4. The number of pyridine rings is 1. The van der Waals surface area contributed by atoms with Gasteiger partial charge >= 0.3 is 11.9 Å². The van der Waals surface area contributed by atoms with Gasteiger partial charge in [-0.15, -0.1) is 0 Å². The Morgan fingerprint density at radius 2 is 2.00 bits per heavy atom. The van der Waals surface area contributed by atoms with Crippen molar-refractivity contribution in [2.45, 2.75) is 0 Å². The third-order valence-corrected chi connectivity index (χ3v) is 2.41. The highest BCUT2D eigenvalue weighted by Gasteiger charge is 2.15. The zero-order valence-corrected chi connectivity index (χ0v) is 9.01. The molecular weight excluding hydrogens is 222 g/mol. The van der Waals surface area contributed by atoms with Crippen molar-refractivity contribution in [2.24, 2.45) is 0 Å². The van der Waals surface area contributed by atoms with Crippen molar-refractivity contribution in [3.8, 4) is 0 Å². The Balaban J connectivity index is 2.79. The maximum absolute atomic E-state index is 11.5. The standard InChI is InChI=1S/C12H9NO4/c1-17-12(16)9-4-2-3-7-8(11(14)15)5-6-13-10(7)9/h2-6H,1H3,(H,14,15). The summed E-state index contributed by atoms with van der Waals surface area (Å²) < 4.78 is 4.62. The predicted molar refractivity (Wildman–Crippen MR) is 60.0 cm³/mol. The number of methoxy groups -OCH3 is 1. The van der Waals surface area contributed by atoms with E-state index in [1.54, 1.807) is 18.2 Å². The van der Waals surface area contributed by atoms with Crippen LogP contribution >= 0.6 is 0 Å². The molecule has 0 spiro atoms. The molecule has 0 aliphatic heterocycles. The number of hydrogen-bond acceptors (Lipinski definition) is 4. The van der Waals surface area contributed by atoms with Crippen molar-refractivity contribution in [1.82, 2.24) is 4.98 Å². The molecule has 0 aliphatic rings. The highest BCUT2D eigenvalue weighted by molar-refractivity contribution is 6.09. The smallest absolute Gasteiger partial charge is 0.340 e. The van der Waals surface area contributed by atoms with Crippen LogP contribution in [0, 0.1) is 0 Å². The first-order valence-electron chi connectivity index (χ1n) is 4.84. The third-order valence-electron chi connectivity index (χ3n) is 2.41. The van der Waals surface area contributed by atoms with Crippen LogP contribution in [0.5, 0.6) is 0 Å². The third kappa shape index (κ3) is 1.82. The van der Waals surface area contributed by atoms with E-state index in [4.69, 9.17) is 5.11 Å². The van der Waals surface area contributed by atoms with Gasteiger partial charge in [0.15, 0.2) is 0 Å². The lowest BCUT2D eigenvalue weighted by atomic mass is 10.1. The predicted octanol–water partition coefficient (Wildman–Crippen LogP) is 1.72. The molecule has 0 bridgehead atoms. The van der Waals surface area contributed by atoms with E-state index in [1.165, 1.54) is 19.4 Å². The molecule has 1 aromatic heterocycles. The number of esters is 1. The number of carboxylic acids is 1. The van der Waals surface area contributed by atoms with E-state index in [2.05, 4.69) is 9.72 Å². The fraction of sp³-hybridized carbons (Fsp3) is 0.0833. The summed E-state index contributed by atoms with van der Waals surface area (Å²) in [5.41, 5.74) is 0.702. The summed E-state index contributed by atoms with van der Waals surface area (Å²) in [4.78, 5) is 26.5. The minimum Gasteiger partial charge on any atom is -0.478 e. The first-order chi connectivity index (χ1) is 8.15. The Bertz CT molecular complexity index is 606. The van der Waals surface area contributed by atoms with Crippen LogP contribution < -0.4 is 0 Å². The van der Waals surface area contributed by atoms with Crippen molar-refractivity contribution in [3.05, 3.63) is 41.6 Å². The average Bonchev–Trinajstić information content (AvgIpc) is 2.36.